The van der Waals surface area contributed by atoms with Crippen molar-refractivity contribution in [3.63, 3.8) is 0 Å². The van der Waals surface area contributed by atoms with Crippen LogP contribution >= 0.6 is 11.3 Å². The van der Waals surface area contributed by atoms with Gasteiger partial charge in [0.2, 0.25) is 0 Å². The van der Waals surface area contributed by atoms with E-state index in [9.17, 15) is 0 Å². The Morgan fingerprint density at radius 1 is 1.69 bits per heavy atom. The van der Waals surface area contributed by atoms with Gasteiger partial charge in [-0.2, -0.15) is 0 Å². The lowest BCUT2D eigenvalue weighted by Crippen LogP contribution is -2.26. The number of fused-ring (bicyclic) bond motifs is 1. The summed E-state index contributed by atoms with van der Waals surface area (Å²) in [6, 6.07) is 2.29. The smallest absolute Gasteiger partial charge is 0.107 e. The van der Waals surface area contributed by atoms with E-state index in [2.05, 4.69) is 11.4 Å². The molecule has 2 rings (SSSR count). The summed E-state index contributed by atoms with van der Waals surface area (Å²) in [5.41, 5.74) is 7.33. The molecule has 0 amide bonds. The Balaban J connectivity index is 2.30. The molecule has 2 nitrogen and oxygen atoms in total. The average Bonchev–Trinajstić information content (AvgIpc) is 2.44. The maximum absolute atomic E-state index is 5.89. The highest BCUT2D eigenvalue weighted by atomic mass is 32.1. The minimum atomic E-state index is 0.0931. The largest absolute Gasteiger partial charge is 0.371 e. The number of hydrogen-bond acceptors (Lipinski definition) is 3. The number of ether oxygens (including phenoxy) is 1. The molecule has 2 atom stereocenters. The third kappa shape index (κ3) is 1.77. The van der Waals surface area contributed by atoms with Gasteiger partial charge in [0.1, 0.15) is 6.10 Å². The molecule has 1 aliphatic heterocycles. The summed E-state index contributed by atoms with van der Waals surface area (Å²) in [4.78, 5) is 1.34. The van der Waals surface area contributed by atoms with Crippen LogP contribution in [0.15, 0.2) is 11.4 Å². The van der Waals surface area contributed by atoms with Gasteiger partial charge in [-0.1, -0.05) is 0 Å². The molecule has 2 unspecified atom stereocenters. The van der Waals surface area contributed by atoms with Crippen molar-refractivity contribution in [3.8, 4) is 0 Å². The molecule has 0 aliphatic carbocycles. The van der Waals surface area contributed by atoms with Crippen LogP contribution in [0.4, 0.5) is 0 Å². The third-order valence-corrected chi connectivity index (χ3v) is 3.43. The molecular weight excluding hydrogens is 182 g/mol. The predicted octanol–water partition coefficient (Wildman–Crippen LogP) is 2.10. The predicted molar refractivity (Wildman–Crippen MR) is 55.0 cm³/mol. The van der Waals surface area contributed by atoms with Crippen LogP contribution in [0.3, 0.4) is 0 Å². The van der Waals surface area contributed by atoms with E-state index < -0.39 is 0 Å². The summed E-state index contributed by atoms with van der Waals surface area (Å²) in [7, 11) is 0. The van der Waals surface area contributed by atoms with Gasteiger partial charge in [-0.25, -0.2) is 0 Å². The van der Waals surface area contributed by atoms with Crippen LogP contribution in [0.25, 0.3) is 0 Å². The number of aryl methyl sites for hydroxylation is 1. The highest BCUT2D eigenvalue weighted by molar-refractivity contribution is 7.10. The first-order chi connectivity index (χ1) is 6.29. The second-order valence-electron chi connectivity index (χ2n) is 3.56. The van der Waals surface area contributed by atoms with Crippen LogP contribution in [0, 0.1) is 0 Å². The molecule has 0 radical (unpaired) electrons. The van der Waals surface area contributed by atoms with E-state index in [1.165, 1.54) is 10.4 Å². The van der Waals surface area contributed by atoms with Crippen molar-refractivity contribution in [3.05, 3.63) is 21.9 Å². The number of rotatable bonds is 1. The van der Waals surface area contributed by atoms with Crippen LogP contribution in [-0.4, -0.2) is 12.6 Å². The maximum Gasteiger partial charge on any atom is 0.107 e. The Labute approximate surface area is 82.7 Å². The lowest BCUT2D eigenvalue weighted by atomic mass is 10.1. The molecule has 0 spiro atoms. The third-order valence-electron chi connectivity index (χ3n) is 2.40. The van der Waals surface area contributed by atoms with E-state index in [4.69, 9.17) is 10.5 Å². The SMILES string of the molecule is CC(N)C1OCCCc2ccsc21. The zero-order chi connectivity index (χ0) is 9.26. The average molecular weight is 197 g/mol. The van der Waals surface area contributed by atoms with E-state index in [-0.39, 0.29) is 12.1 Å². The van der Waals surface area contributed by atoms with E-state index in [1.807, 2.05) is 6.92 Å². The quantitative estimate of drug-likeness (QED) is 0.748. The van der Waals surface area contributed by atoms with Crippen molar-refractivity contribution in [2.24, 2.45) is 5.73 Å². The first-order valence-electron chi connectivity index (χ1n) is 4.72. The Hall–Kier alpha value is -0.380. The van der Waals surface area contributed by atoms with Crippen LogP contribution in [0.2, 0.25) is 0 Å². The van der Waals surface area contributed by atoms with Crippen molar-refractivity contribution in [1.82, 2.24) is 0 Å². The van der Waals surface area contributed by atoms with Gasteiger partial charge < -0.3 is 10.5 Å². The van der Waals surface area contributed by atoms with Crippen LogP contribution < -0.4 is 5.73 Å². The molecule has 2 heterocycles. The standard InChI is InChI=1S/C10H15NOS/c1-7(11)9-10-8(4-6-13-10)3-2-5-12-9/h4,6-7,9H,2-3,5,11H2,1H3. The number of hydrogen-bond donors (Lipinski definition) is 1. The van der Waals surface area contributed by atoms with E-state index in [0.29, 0.717) is 0 Å². The van der Waals surface area contributed by atoms with Crippen LogP contribution in [-0.2, 0) is 11.2 Å². The summed E-state index contributed by atoms with van der Waals surface area (Å²) >= 11 is 1.77. The van der Waals surface area contributed by atoms with Gasteiger partial charge in [0.25, 0.3) is 0 Å². The molecule has 1 aliphatic rings. The van der Waals surface area contributed by atoms with Gasteiger partial charge in [-0.15, -0.1) is 11.3 Å². The second kappa shape index (κ2) is 3.78. The van der Waals surface area contributed by atoms with Crippen molar-refractivity contribution >= 4 is 11.3 Å². The maximum atomic E-state index is 5.89. The van der Waals surface area contributed by atoms with Crippen molar-refractivity contribution in [1.29, 1.82) is 0 Å². The van der Waals surface area contributed by atoms with Crippen molar-refractivity contribution in [2.75, 3.05) is 6.61 Å². The summed E-state index contributed by atoms with van der Waals surface area (Å²) in [5, 5.41) is 2.13. The summed E-state index contributed by atoms with van der Waals surface area (Å²) in [6.45, 7) is 2.85. The lowest BCUT2D eigenvalue weighted by Gasteiger charge is -2.18. The molecule has 0 fully saturated rings. The van der Waals surface area contributed by atoms with Gasteiger partial charge in [-0.3, -0.25) is 0 Å². The normalized spacial score (nSPS) is 24.9. The van der Waals surface area contributed by atoms with E-state index in [0.717, 1.165) is 19.4 Å². The van der Waals surface area contributed by atoms with Gasteiger partial charge in [0.15, 0.2) is 0 Å². The van der Waals surface area contributed by atoms with Gasteiger partial charge >= 0.3 is 0 Å². The molecule has 0 saturated heterocycles. The van der Waals surface area contributed by atoms with Gasteiger partial charge in [-0.05, 0) is 36.8 Å². The minimum absolute atomic E-state index is 0.0931. The fourth-order valence-corrected chi connectivity index (χ4v) is 2.86. The van der Waals surface area contributed by atoms with Crippen molar-refractivity contribution in [2.45, 2.75) is 31.9 Å². The monoisotopic (exact) mass is 197 g/mol. The van der Waals surface area contributed by atoms with Crippen LogP contribution in [0.1, 0.15) is 29.9 Å². The second-order valence-corrected chi connectivity index (χ2v) is 4.51. The fraction of sp³-hybridized carbons (Fsp3) is 0.600. The molecule has 2 N–H and O–H groups in total. The number of thiophene rings is 1. The Kier molecular flexibility index (Phi) is 2.67. The molecule has 1 aromatic rings. The van der Waals surface area contributed by atoms with E-state index >= 15 is 0 Å². The molecule has 0 saturated carbocycles. The van der Waals surface area contributed by atoms with Crippen molar-refractivity contribution < 1.29 is 4.74 Å². The summed E-state index contributed by atoms with van der Waals surface area (Å²) in [6.07, 6.45) is 2.38. The highest BCUT2D eigenvalue weighted by Crippen LogP contribution is 2.32. The highest BCUT2D eigenvalue weighted by Gasteiger charge is 2.23. The van der Waals surface area contributed by atoms with Gasteiger partial charge in [0, 0.05) is 17.5 Å². The molecule has 0 aromatic carbocycles. The Morgan fingerprint density at radius 3 is 3.31 bits per heavy atom. The first kappa shape index (κ1) is 9.19. The van der Waals surface area contributed by atoms with Crippen LogP contribution in [0.5, 0.6) is 0 Å². The molecule has 13 heavy (non-hydrogen) atoms. The molecular formula is C10H15NOS. The fourth-order valence-electron chi connectivity index (χ4n) is 1.74. The van der Waals surface area contributed by atoms with Gasteiger partial charge in [0.05, 0.1) is 0 Å². The zero-order valence-corrected chi connectivity index (χ0v) is 8.64. The molecule has 1 aromatic heterocycles. The Morgan fingerprint density at radius 2 is 2.54 bits per heavy atom. The van der Waals surface area contributed by atoms with E-state index in [1.54, 1.807) is 11.3 Å². The summed E-state index contributed by atoms with van der Waals surface area (Å²) in [5.74, 6) is 0. The number of nitrogens with two attached hydrogens (primary N) is 1. The molecule has 0 bridgehead atoms. The summed E-state index contributed by atoms with van der Waals surface area (Å²) < 4.78 is 5.73. The Bertz CT molecular complexity index is 282. The lowest BCUT2D eigenvalue weighted by molar-refractivity contribution is 0.0444. The topological polar surface area (TPSA) is 35.2 Å². The molecule has 3 heteroatoms. The molecule has 72 valence electrons. The minimum Gasteiger partial charge on any atom is -0.371 e. The first-order valence-corrected chi connectivity index (χ1v) is 5.60. The zero-order valence-electron chi connectivity index (χ0n) is 7.82.